The first-order valence-electron chi connectivity index (χ1n) is 7.90. The zero-order chi connectivity index (χ0) is 14.9. The van der Waals surface area contributed by atoms with E-state index in [1.807, 2.05) is 6.07 Å². The molecule has 21 heavy (non-hydrogen) atoms. The van der Waals surface area contributed by atoms with E-state index in [0.29, 0.717) is 0 Å². The van der Waals surface area contributed by atoms with Crippen LogP contribution < -0.4 is 5.32 Å². The van der Waals surface area contributed by atoms with E-state index in [9.17, 15) is 4.79 Å². The molecule has 4 nitrogen and oxygen atoms in total. The molecule has 1 amide bonds. The molecule has 0 radical (unpaired) electrons. The van der Waals surface area contributed by atoms with Crippen LogP contribution in [-0.2, 0) is 4.79 Å². The van der Waals surface area contributed by atoms with Gasteiger partial charge in [-0.2, -0.15) is 0 Å². The second-order valence-electron chi connectivity index (χ2n) is 6.55. The Balaban J connectivity index is 1.86. The number of hydrogen-bond acceptors (Lipinski definition) is 3. The van der Waals surface area contributed by atoms with Crippen LogP contribution in [0.3, 0.4) is 0 Å². The Labute approximate surface area is 127 Å². The summed E-state index contributed by atoms with van der Waals surface area (Å²) < 4.78 is 0. The molecule has 1 N–H and O–H groups in total. The highest BCUT2D eigenvalue weighted by Gasteiger charge is 2.42. The molecule has 2 saturated heterocycles. The molecular weight excluding hydrogens is 262 g/mol. The van der Waals surface area contributed by atoms with Gasteiger partial charge in [0.15, 0.2) is 0 Å². The number of hydrogen-bond donors (Lipinski definition) is 1. The lowest BCUT2D eigenvalue weighted by Gasteiger charge is -2.43. The first kappa shape index (κ1) is 14.5. The first-order chi connectivity index (χ1) is 10.1. The average molecular weight is 287 g/mol. The van der Waals surface area contributed by atoms with E-state index in [0.717, 1.165) is 39.0 Å². The van der Waals surface area contributed by atoms with E-state index in [-0.39, 0.29) is 17.5 Å². The second-order valence-corrected chi connectivity index (χ2v) is 6.55. The van der Waals surface area contributed by atoms with Crippen LogP contribution in [0.1, 0.15) is 31.4 Å². The lowest BCUT2D eigenvalue weighted by Crippen LogP contribution is -2.58. The fraction of sp³-hybridized carbons (Fsp3) is 0.588. The standard InChI is InChI=1S/C17H25N3O/c1-17(9-6-10-18-17)16(21)20-12-11-19(2)13-15(20)14-7-4-3-5-8-14/h3-5,7-8,15,18H,6,9-13H2,1-2H3. The summed E-state index contributed by atoms with van der Waals surface area (Å²) in [5.74, 6) is 0.266. The van der Waals surface area contributed by atoms with Gasteiger partial charge in [-0.05, 0) is 38.9 Å². The van der Waals surface area contributed by atoms with Crippen molar-refractivity contribution in [3.63, 3.8) is 0 Å². The SMILES string of the molecule is CN1CCN(C(=O)C2(C)CCCN2)C(c2ccccc2)C1. The zero-order valence-corrected chi connectivity index (χ0v) is 13.0. The van der Waals surface area contributed by atoms with Crippen molar-refractivity contribution in [1.82, 2.24) is 15.1 Å². The Morgan fingerprint density at radius 3 is 2.71 bits per heavy atom. The zero-order valence-electron chi connectivity index (χ0n) is 13.0. The van der Waals surface area contributed by atoms with Crippen LogP contribution in [0.2, 0.25) is 0 Å². The van der Waals surface area contributed by atoms with Gasteiger partial charge in [0.1, 0.15) is 0 Å². The fourth-order valence-electron chi connectivity index (χ4n) is 3.52. The molecule has 0 aromatic heterocycles. The van der Waals surface area contributed by atoms with Gasteiger partial charge in [0, 0.05) is 19.6 Å². The summed E-state index contributed by atoms with van der Waals surface area (Å²) in [5, 5.41) is 3.41. The molecule has 0 bridgehead atoms. The lowest BCUT2D eigenvalue weighted by atomic mass is 9.94. The Bertz CT molecular complexity index is 496. The third-order valence-corrected chi connectivity index (χ3v) is 4.87. The van der Waals surface area contributed by atoms with Crippen molar-refractivity contribution in [2.45, 2.75) is 31.3 Å². The molecule has 0 saturated carbocycles. The van der Waals surface area contributed by atoms with Gasteiger partial charge in [0.05, 0.1) is 11.6 Å². The number of carbonyl (C=O) groups is 1. The molecule has 0 spiro atoms. The molecule has 2 aliphatic heterocycles. The Hall–Kier alpha value is -1.39. The highest BCUT2D eigenvalue weighted by Crippen LogP contribution is 2.30. The van der Waals surface area contributed by atoms with Gasteiger partial charge >= 0.3 is 0 Å². The Kier molecular flexibility index (Phi) is 4.00. The van der Waals surface area contributed by atoms with Gasteiger partial charge in [-0.3, -0.25) is 4.79 Å². The topological polar surface area (TPSA) is 35.6 Å². The smallest absolute Gasteiger partial charge is 0.243 e. The molecule has 114 valence electrons. The number of carbonyl (C=O) groups excluding carboxylic acids is 1. The van der Waals surface area contributed by atoms with Gasteiger partial charge in [-0.25, -0.2) is 0 Å². The number of rotatable bonds is 2. The molecule has 1 aromatic rings. The van der Waals surface area contributed by atoms with Gasteiger partial charge in [0.25, 0.3) is 0 Å². The van der Waals surface area contributed by atoms with Crippen molar-refractivity contribution in [2.75, 3.05) is 33.2 Å². The summed E-state index contributed by atoms with van der Waals surface area (Å²) in [7, 11) is 2.13. The second kappa shape index (κ2) is 5.78. The number of nitrogens with one attached hydrogen (secondary N) is 1. The van der Waals surface area contributed by atoms with Crippen molar-refractivity contribution in [2.24, 2.45) is 0 Å². The Morgan fingerprint density at radius 1 is 1.29 bits per heavy atom. The van der Waals surface area contributed by atoms with Crippen LogP contribution in [-0.4, -0.2) is 54.5 Å². The molecule has 4 heteroatoms. The molecular formula is C17H25N3O. The van der Waals surface area contributed by atoms with Gasteiger partial charge in [0.2, 0.25) is 5.91 Å². The van der Waals surface area contributed by atoms with Crippen molar-refractivity contribution < 1.29 is 4.79 Å². The van der Waals surface area contributed by atoms with E-state index >= 15 is 0 Å². The summed E-state index contributed by atoms with van der Waals surface area (Å²) in [4.78, 5) is 17.5. The molecule has 2 heterocycles. The summed E-state index contributed by atoms with van der Waals surface area (Å²) in [5.41, 5.74) is 0.863. The summed E-state index contributed by atoms with van der Waals surface area (Å²) in [6, 6.07) is 10.6. The number of nitrogens with zero attached hydrogens (tertiary/aromatic N) is 2. The van der Waals surface area contributed by atoms with Gasteiger partial charge < -0.3 is 15.1 Å². The Morgan fingerprint density at radius 2 is 2.05 bits per heavy atom. The van der Waals surface area contributed by atoms with Gasteiger partial charge in [-0.15, -0.1) is 0 Å². The average Bonchev–Trinajstić information content (AvgIpc) is 2.95. The van der Waals surface area contributed by atoms with Crippen molar-refractivity contribution in [1.29, 1.82) is 0 Å². The van der Waals surface area contributed by atoms with Gasteiger partial charge in [-0.1, -0.05) is 30.3 Å². The van der Waals surface area contributed by atoms with Crippen LogP contribution in [0, 0.1) is 0 Å². The van der Waals surface area contributed by atoms with Crippen molar-refractivity contribution >= 4 is 5.91 Å². The van der Waals surface area contributed by atoms with E-state index in [4.69, 9.17) is 0 Å². The quantitative estimate of drug-likeness (QED) is 0.898. The molecule has 2 aliphatic rings. The van der Waals surface area contributed by atoms with E-state index in [1.165, 1.54) is 5.56 Å². The monoisotopic (exact) mass is 287 g/mol. The number of piperazine rings is 1. The van der Waals surface area contributed by atoms with Crippen molar-refractivity contribution in [3.05, 3.63) is 35.9 Å². The summed E-state index contributed by atoms with van der Waals surface area (Å²) >= 11 is 0. The minimum Gasteiger partial charge on any atom is -0.331 e. The van der Waals surface area contributed by atoms with Crippen LogP contribution in [0.25, 0.3) is 0 Å². The summed E-state index contributed by atoms with van der Waals surface area (Å²) in [6.45, 7) is 5.68. The lowest BCUT2D eigenvalue weighted by molar-refractivity contribution is -0.142. The third kappa shape index (κ3) is 2.83. The molecule has 1 aromatic carbocycles. The predicted octanol–water partition coefficient (Wildman–Crippen LogP) is 1.64. The first-order valence-corrected chi connectivity index (χ1v) is 7.90. The predicted molar refractivity (Wildman–Crippen MR) is 84.0 cm³/mol. The van der Waals surface area contributed by atoms with Crippen LogP contribution in [0.5, 0.6) is 0 Å². The summed E-state index contributed by atoms with van der Waals surface area (Å²) in [6.07, 6.45) is 2.03. The van der Waals surface area contributed by atoms with Crippen molar-refractivity contribution in [3.8, 4) is 0 Å². The molecule has 2 fully saturated rings. The van der Waals surface area contributed by atoms with Crippen LogP contribution in [0.15, 0.2) is 30.3 Å². The minimum atomic E-state index is -0.372. The fourth-order valence-corrected chi connectivity index (χ4v) is 3.52. The maximum absolute atomic E-state index is 13.1. The molecule has 2 unspecified atom stereocenters. The maximum Gasteiger partial charge on any atom is 0.243 e. The highest BCUT2D eigenvalue weighted by atomic mass is 16.2. The van der Waals surface area contributed by atoms with E-state index in [1.54, 1.807) is 0 Å². The maximum atomic E-state index is 13.1. The number of benzene rings is 1. The number of amides is 1. The third-order valence-electron chi connectivity index (χ3n) is 4.87. The van der Waals surface area contributed by atoms with Crippen LogP contribution in [0.4, 0.5) is 0 Å². The minimum absolute atomic E-state index is 0.164. The molecule has 3 rings (SSSR count). The number of likely N-dealkylation sites (N-methyl/N-ethyl adjacent to an activating group) is 1. The highest BCUT2D eigenvalue weighted by molar-refractivity contribution is 5.86. The molecule has 2 atom stereocenters. The normalized spacial score (nSPS) is 30.6. The van der Waals surface area contributed by atoms with Crippen LogP contribution >= 0.6 is 0 Å². The molecule has 0 aliphatic carbocycles. The van der Waals surface area contributed by atoms with E-state index in [2.05, 4.69) is 53.4 Å². The largest absolute Gasteiger partial charge is 0.331 e. The van der Waals surface area contributed by atoms with E-state index < -0.39 is 0 Å².